The molecule has 0 radical (unpaired) electrons. The Hall–Kier alpha value is -3.48. The molecule has 16 rings (SSSR count). The Balaban J connectivity index is 0.000000194. The lowest BCUT2D eigenvalue weighted by molar-refractivity contribution is -0.142. The number of halogens is 3. The number of aliphatic imine (C=N–C) groups is 2. The second-order valence-corrected chi connectivity index (χ2v) is 33.6. The van der Waals surface area contributed by atoms with Crippen molar-refractivity contribution in [3.8, 4) is 0 Å². The highest BCUT2D eigenvalue weighted by Crippen LogP contribution is 2.65. The molecule has 3 saturated carbocycles. The Morgan fingerprint density at radius 3 is 1.34 bits per heavy atom. The van der Waals surface area contributed by atoms with E-state index in [1.165, 1.54) is 16.7 Å². The van der Waals surface area contributed by atoms with Crippen molar-refractivity contribution in [3.05, 3.63) is 101 Å². The normalized spacial score (nSPS) is 33.3. The van der Waals surface area contributed by atoms with Crippen LogP contribution in [0.15, 0.2) is 78.0 Å². The molecule has 5 saturated heterocycles. The Morgan fingerprint density at radius 2 is 0.950 bits per heavy atom. The number of ether oxygens (including phenoxy) is 7. The number of carbonyl (C=O) groups excluding carboxylic acids is 3. The Morgan fingerprint density at radius 1 is 0.570 bits per heavy atom. The van der Waals surface area contributed by atoms with E-state index in [1.54, 1.807) is 38.0 Å². The largest absolute Gasteiger partial charge is 0.381 e. The minimum Gasteiger partial charge on any atom is -0.381 e. The molecule has 0 bridgehead atoms. The highest BCUT2D eigenvalue weighted by molar-refractivity contribution is 9.11. The number of guanidine groups is 1. The molecule has 8 fully saturated rings. The summed E-state index contributed by atoms with van der Waals surface area (Å²) in [4.78, 5) is 55.4. The van der Waals surface area contributed by atoms with E-state index >= 15 is 0 Å². The van der Waals surface area contributed by atoms with Crippen LogP contribution in [0.5, 0.6) is 0 Å². The predicted molar refractivity (Wildman–Crippen MR) is 411 cm³/mol. The molecule has 4 N–H and O–H groups in total. The fraction of sp³-hybridized carbons (Fsp3) is 0.676. The van der Waals surface area contributed by atoms with E-state index in [-0.39, 0.29) is 122 Å². The molecule has 7 heterocycles. The van der Waals surface area contributed by atoms with Crippen LogP contribution in [-0.2, 0) is 97.7 Å². The first kappa shape index (κ1) is 83.8. The number of thiocarbonyl (C=S) groups is 1. The van der Waals surface area contributed by atoms with Gasteiger partial charge in [0.2, 0.25) is 0 Å². The average molecular weight is 1640 g/mol. The minimum absolute atomic E-state index is 0. The van der Waals surface area contributed by atoms with Crippen molar-refractivity contribution in [3.63, 3.8) is 0 Å². The lowest BCUT2D eigenvalue weighted by atomic mass is 9.61. The Kier molecular flexibility index (Phi) is 28.1. The summed E-state index contributed by atoms with van der Waals surface area (Å²) in [5.74, 6) is 1.33. The molecular formula is C74H110Br3N7O13S3. The third-order valence-electron chi connectivity index (χ3n) is 22.8. The maximum absolute atomic E-state index is 14.5. The van der Waals surface area contributed by atoms with Gasteiger partial charge in [-0.1, -0.05) is 122 Å². The average Bonchev–Trinajstić information content (AvgIpc) is 1.54. The minimum atomic E-state index is -3.28. The van der Waals surface area contributed by atoms with Crippen LogP contribution in [0, 0.1) is 16.2 Å². The van der Waals surface area contributed by atoms with Gasteiger partial charge in [-0.2, -0.15) is 8.42 Å². The van der Waals surface area contributed by atoms with Gasteiger partial charge in [0, 0.05) is 83.2 Å². The van der Waals surface area contributed by atoms with Crippen LogP contribution >= 0.6 is 71.8 Å². The van der Waals surface area contributed by atoms with Gasteiger partial charge in [-0.3, -0.25) is 28.4 Å². The number of rotatable bonds is 12. The van der Waals surface area contributed by atoms with E-state index in [0.29, 0.717) is 30.3 Å². The van der Waals surface area contributed by atoms with Crippen LogP contribution < -0.4 is 16.4 Å². The number of methoxy groups -OCH3 is 3. The fourth-order valence-electron chi connectivity index (χ4n) is 17.3. The zero-order valence-corrected chi connectivity index (χ0v) is 61.1. The molecular weight excluding hydrogens is 1530 g/mol. The molecule has 3 amide bonds. The molecule has 7 atom stereocenters. The smallest absolute Gasteiger partial charge is 0.264 e. The SMILES string of the molecule is C.C.C.C.C.C.COC1CCC2(CC1)Cc1ccc(Br)cc1C21N=C(N)N(CC2CCO2)C1=O.COC1CCC2(CC1)Cc1ccc(Br)cc1C21N=C(SCC2CCO2)N(CC2CCO2)C1=O.COC1CCC2(CC1)Cc1ccc(Br)cc1C21NC(=S)NC1=O.CS(=O)(=O)OCC1CCO1. The van der Waals surface area contributed by atoms with Crippen LogP contribution in [0.3, 0.4) is 0 Å². The number of carbonyl (C=O) groups is 3. The first-order valence-electron chi connectivity index (χ1n) is 33.2. The van der Waals surface area contributed by atoms with Crippen LogP contribution in [0.4, 0.5) is 0 Å². The second-order valence-electron chi connectivity index (χ2n) is 27.8. The van der Waals surface area contributed by atoms with Gasteiger partial charge in [-0.25, -0.2) is 9.98 Å². The number of amides is 3. The van der Waals surface area contributed by atoms with Crippen molar-refractivity contribution in [1.29, 1.82) is 0 Å². The topological polar surface area (TPSA) is 240 Å². The number of benzene rings is 3. The maximum atomic E-state index is 14.5. The fourth-order valence-corrected chi connectivity index (χ4v) is 20.2. The van der Waals surface area contributed by atoms with Gasteiger partial charge >= 0.3 is 0 Å². The predicted octanol–water partition coefficient (Wildman–Crippen LogP) is 13.4. The summed E-state index contributed by atoms with van der Waals surface area (Å²) in [6.07, 6.45) is 20.4. The van der Waals surface area contributed by atoms with Gasteiger partial charge in [-0.15, -0.1) is 0 Å². The molecule has 7 aliphatic heterocycles. The lowest BCUT2D eigenvalue weighted by Crippen LogP contribution is -2.56. The molecule has 3 aromatic carbocycles. The van der Waals surface area contributed by atoms with Gasteiger partial charge in [-0.05, 0) is 204 Å². The molecule has 558 valence electrons. The summed E-state index contributed by atoms with van der Waals surface area (Å²) >= 11 is 17.8. The van der Waals surface area contributed by atoms with E-state index in [2.05, 4.69) is 117 Å². The number of hydrogen-bond acceptors (Lipinski definition) is 18. The molecule has 3 aromatic rings. The van der Waals surface area contributed by atoms with Crippen molar-refractivity contribution in [2.75, 3.05) is 79.5 Å². The van der Waals surface area contributed by atoms with Crippen molar-refractivity contribution in [1.82, 2.24) is 20.4 Å². The molecule has 26 heteroatoms. The molecule has 0 aromatic heterocycles. The van der Waals surface area contributed by atoms with Gasteiger partial charge < -0.3 is 49.5 Å². The van der Waals surface area contributed by atoms with E-state index in [4.69, 9.17) is 61.1 Å². The maximum Gasteiger partial charge on any atom is 0.264 e. The van der Waals surface area contributed by atoms with Gasteiger partial charge in [0.25, 0.3) is 27.8 Å². The number of nitrogens with one attached hydrogen (secondary N) is 2. The number of amidine groups is 1. The van der Waals surface area contributed by atoms with E-state index in [1.807, 2.05) is 4.90 Å². The number of thioether (sulfide) groups is 1. The first-order chi connectivity index (χ1) is 45.1. The van der Waals surface area contributed by atoms with Crippen molar-refractivity contribution in [2.24, 2.45) is 32.0 Å². The van der Waals surface area contributed by atoms with E-state index < -0.39 is 26.7 Å². The van der Waals surface area contributed by atoms with E-state index in [0.717, 1.165) is 196 Å². The lowest BCUT2D eigenvalue weighted by Gasteiger charge is -2.46. The van der Waals surface area contributed by atoms with Crippen LogP contribution in [0.25, 0.3) is 0 Å². The zero-order valence-electron chi connectivity index (χ0n) is 53.9. The Bertz CT molecular complexity index is 3590. The number of hydrogen-bond donors (Lipinski definition) is 3. The van der Waals surface area contributed by atoms with E-state index in [9.17, 15) is 22.8 Å². The summed E-state index contributed by atoms with van der Waals surface area (Å²) in [5.41, 5.74) is 10.2. The molecule has 20 nitrogen and oxygen atoms in total. The highest BCUT2D eigenvalue weighted by atomic mass is 79.9. The number of nitrogens with two attached hydrogens (primary N) is 1. The molecule has 100 heavy (non-hydrogen) atoms. The Labute approximate surface area is 630 Å². The summed E-state index contributed by atoms with van der Waals surface area (Å²) in [6, 6.07) is 19.0. The van der Waals surface area contributed by atoms with Crippen molar-refractivity contribution in [2.45, 2.75) is 226 Å². The quantitative estimate of drug-likeness (QED) is 0.113. The molecule has 7 unspecified atom stereocenters. The summed E-state index contributed by atoms with van der Waals surface area (Å²) in [7, 11) is 2.07. The van der Waals surface area contributed by atoms with Gasteiger partial charge in [0.05, 0.1) is 68.7 Å². The second kappa shape index (κ2) is 33.5. The van der Waals surface area contributed by atoms with Crippen molar-refractivity contribution >= 4 is 116 Å². The summed E-state index contributed by atoms with van der Waals surface area (Å²) in [5, 5.41) is 7.50. The van der Waals surface area contributed by atoms with Crippen LogP contribution in [0.2, 0.25) is 0 Å². The van der Waals surface area contributed by atoms with Crippen molar-refractivity contribution < 1.29 is 60.1 Å². The van der Waals surface area contributed by atoms with Crippen LogP contribution in [-0.4, -0.2) is 174 Å². The summed E-state index contributed by atoms with van der Waals surface area (Å²) < 4.78 is 67.0. The third kappa shape index (κ3) is 15.2. The zero-order chi connectivity index (χ0) is 66.0. The number of nitrogens with zero attached hydrogens (tertiary/aromatic N) is 4. The molecule has 6 spiro atoms. The molecule has 6 aliphatic carbocycles. The highest BCUT2D eigenvalue weighted by Gasteiger charge is 2.69. The van der Waals surface area contributed by atoms with Gasteiger partial charge in [0.1, 0.15) is 0 Å². The van der Waals surface area contributed by atoms with Crippen LogP contribution in [0.1, 0.15) is 181 Å². The molecule has 13 aliphatic rings. The number of fused-ring (bicyclic) bond motifs is 9. The monoisotopic (exact) mass is 1640 g/mol. The third-order valence-corrected chi connectivity index (χ3v) is 26.2. The standard InChI is InChI=1S/C25H31BrN2O4S.C21H26BrN3O3.C17H19BrN2O2S.C5H10O4S.6CH4/c1-30-18-4-8-24(9-5-18)13-16-2-3-17(26)12-21(16)25(24)22(29)28(14-19-6-10-31-19)23(27-25)33-15-20-7-11-32-20;1-27-15-4-7-20(8-5-15)11-13-2-3-14(22)10-17(13)21(20)18(26)25(19(23)24-21)12-16-6-9-28-16;1-22-12-4-6-16(7-5-12)9-10-2-3-11(18)8-13(10)17(16)14(21)19-15(23)20-17;1-10(6,7)9-4-5-2-3-8-5;;;;;;/h2-3,12,18-20H,4-11,13-15H2,1H3;2-3,10,15-16H,4-9,11-12H2,1H3,(H2,23,24);2-3,8,12H,4-7,9H2,1H3,(H2,19,20,21,23);5H,2-4H2,1H3;6*1H4. The first-order valence-corrected chi connectivity index (χ1v) is 38.8. The summed E-state index contributed by atoms with van der Waals surface area (Å²) in [6.45, 7) is 4.36. The van der Waals surface area contributed by atoms with Gasteiger partial charge in [0.15, 0.2) is 32.9 Å².